The summed E-state index contributed by atoms with van der Waals surface area (Å²) < 4.78 is 7.30. The Kier molecular flexibility index (Phi) is 3.89. The fourth-order valence-electron chi connectivity index (χ4n) is 3.27. The van der Waals surface area contributed by atoms with E-state index < -0.39 is 0 Å². The average molecular weight is 345 g/mol. The van der Waals surface area contributed by atoms with E-state index in [0.717, 1.165) is 40.8 Å². The van der Waals surface area contributed by atoms with Gasteiger partial charge in [-0.25, -0.2) is 0 Å². The molecular weight excluding hydrogens is 326 g/mol. The zero-order valence-corrected chi connectivity index (χ0v) is 14.7. The second-order valence-corrected chi connectivity index (χ2v) is 6.60. The van der Waals surface area contributed by atoms with Gasteiger partial charge in [0.15, 0.2) is 0 Å². The van der Waals surface area contributed by atoms with E-state index in [-0.39, 0.29) is 5.91 Å². The molecule has 5 heteroatoms. The molecule has 0 bridgehead atoms. The number of fused-ring (bicyclic) bond motifs is 1. The molecule has 3 aromatic rings. The number of hydrogen-bond acceptors (Lipinski definition) is 3. The van der Waals surface area contributed by atoms with Gasteiger partial charge in [0.25, 0.3) is 5.91 Å². The molecule has 1 aromatic heterocycles. The van der Waals surface area contributed by atoms with E-state index in [2.05, 4.69) is 11.4 Å². The highest BCUT2D eigenvalue weighted by atomic mass is 16.5. The van der Waals surface area contributed by atoms with Crippen LogP contribution in [0.3, 0.4) is 0 Å². The maximum absolute atomic E-state index is 12.2. The molecule has 1 N–H and O–H groups in total. The number of ether oxygens (including phenoxy) is 1. The molecule has 0 atom stereocenters. The summed E-state index contributed by atoms with van der Waals surface area (Å²) in [4.78, 5) is 12.2. The lowest BCUT2D eigenvalue weighted by Crippen LogP contribution is -2.25. The van der Waals surface area contributed by atoms with Gasteiger partial charge in [0.1, 0.15) is 11.8 Å². The Labute approximate surface area is 151 Å². The molecule has 0 unspecified atom stereocenters. The predicted octanol–water partition coefficient (Wildman–Crippen LogP) is 3.62. The molecule has 0 spiro atoms. The van der Waals surface area contributed by atoms with E-state index in [1.165, 1.54) is 0 Å². The molecule has 1 heterocycles. The number of benzene rings is 2. The van der Waals surface area contributed by atoms with E-state index >= 15 is 0 Å². The number of methoxy groups -OCH3 is 1. The van der Waals surface area contributed by atoms with Crippen molar-refractivity contribution in [3.8, 4) is 23.1 Å². The van der Waals surface area contributed by atoms with Crippen LogP contribution in [0.1, 0.15) is 28.8 Å². The molecular formula is C21H19N3O2. The highest BCUT2D eigenvalue weighted by Crippen LogP contribution is 2.34. The van der Waals surface area contributed by atoms with Crippen molar-refractivity contribution < 1.29 is 9.53 Å². The van der Waals surface area contributed by atoms with E-state index in [1.54, 1.807) is 7.11 Å². The predicted molar refractivity (Wildman–Crippen MR) is 100 cm³/mol. The van der Waals surface area contributed by atoms with E-state index in [9.17, 15) is 10.1 Å². The molecule has 2 aromatic carbocycles. The number of nitrogens with zero attached hydrogens (tertiary/aromatic N) is 2. The van der Waals surface area contributed by atoms with Crippen LogP contribution in [0.15, 0.2) is 42.5 Å². The lowest BCUT2D eigenvalue weighted by atomic mass is 10.0. The lowest BCUT2D eigenvalue weighted by Gasteiger charge is -2.08. The molecule has 26 heavy (non-hydrogen) atoms. The van der Waals surface area contributed by atoms with Crippen LogP contribution in [0.2, 0.25) is 0 Å². The molecule has 0 radical (unpaired) electrons. The minimum atomic E-state index is -0.0404. The Bertz CT molecular complexity index is 1040. The van der Waals surface area contributed by atoms with Crippen LogP contribution in [-0.2, 0) is 7.05 Å². The summed E-state index contributed by atoms with van der Waals surface area (Å²) in [5.41, 5.74) is 3.94. The summed E-state index contributed by atoms with van der Waals surface area (Å²) in [6.07, 6.45) is 2.13. The third-order valence-corrected chi connectivity index (χ3v) is 4.85. The number of carbonyl (C=O) groups is 1. The van der Waals surface area contributed by atoms with Crippen LogP contribution >= 0.6 is 0 Å². The fraction of sp³-hybridized carbons (Fsp3) is 0.238. The minimum Gasteiger partial charge on any atom is -0.497 e. The minimum absolute atomic E-state index is 0.0404. The summed E-state index contributed by atoms with van der Waals surface area (Å²) in [7, 11) is 3.56. The van der Waals surface area contributed by atoms with Gasteiger partial charge in [0, 0.05) is 30.1 Å². The number of amides is 1. The normalized spacial score (nSPS) is 13.4. The van der Waals surface area contributed by atoms with E-state index in [1.807, 2.05) is 54.1 Å². The quantitative estimate of drug-likeness (QED) is 0.785. The number of aryl methyl sites for hydroxylation is 1. The maximum Gasteiger partial charge on any atom is 0.251 e. The number of nitrogens with one attached hydrogen (secondary N) is 1. The maximum atomic E-state index is 12.2. The Balaban J connectivity index is 1.77. The molecule has 1 saturated carbocycles. The van der Waals surface area contributed by atoms with E-state index in [4.69, 9.17) is 4.74 Å². The van der Waals surface area contributed by atoms with E-state index in [0.29, 0.717) is 17.2 Å². The Hall–Kier alpha value is -3.26. The van der Waals surface area contributed by atoms with Crippen molar-refractivity contribution in [3.63, 3.8) is 0 Å². The zero-order valence-electron chi connectivity index (χ0n) is 14.7. The van der Waals surface area contributed by atoms with Crippen LogP contribution in [-0.4, -0.2) is 23.6 Å². The van der Waals surface area contributed by atoms with Crippen LogP contribution in [0, 0.1) is 11.3 Å². The van der Waals surface area contributed by atoms with Crippen molar-refractivity contribution in [2.24, 2.45) is 7.05 Å². The van der Waals surface area contributed by atoms with Crippen LogP contribution < -0.4 is 10.1 Å². The third-order valence-electron chi connectivity index (χ3n) is 4.85. The second-order valence-electron chi connectivity index (χ2n) is 6.60. The number of nitriles is 1. The molecule has 1 aliphatic rings. The summed E-state index contributed by atoms with van der Waals surface area (Å²) >= 11 is 0. The average Bonchev–Trinajstić information content (AvgIpc) is 3.44. The Morgan fingerprint density at radius 3 is 2.58 bits per heavy atom. The van der Waals surface area contributed by atoms with Gasteiger partial charge >= 0.3 is 0 Å². The highest BCUT2D eigenvalue weighted by molar-refractivity contribution is 5.97. The van der Waals surface area contributed by atoms with Crippen molar-refractivity contribution in [2.45, 2.75) is 18.9 Å². The monoisotopic (exact) mass is 345 g/mol. The van der Waals surface area contributed by atoms with Crippen molar-refractivity contribution >= 4 is 16.8 Å². The third kappa shape index (κ3) is 2.70. The molecule has 4 rings (SSSR count). The summed E-state index contributed by atoms with van der Waals surface area (Å²) in [5.74, 6) is 0.711. The first-order chi connectivity index (χ1) is 12.6. The number of aromatic nitrogens is 1. The number of hydrogen-bond donors (Lipinski definition) is 1. The zero-order chi connectivity index (χ0) is 18.3. The smallest absolute Gasteiger partial charge is 0.251 e. The standard InChI is InChI=1S/C21H19N3O2/c1-24-19-11-16(26-2)9-10-17(19)18(12-22)20(24)13-3-5-14(6-4-13)21(25)23-15-7-8-15/h3-6,9-11,15H,7-8H2,1-2H3,(H,23,25). The van der Waals surface area contributed by atoms with Crippen LogP contribution in [0.5, 0.6) is 5.75 Å². The summed E-state index contributed by atoms with van der Waals surface area (Å²) in [6, 6.07) is 15.8. The van der Waals surface area contributed by atoms with Crippen molar-refractivity contribution in [3.05, 3.63) is 53.6 Å². The molecule has 1 fully saturated rings. The van der Waals surface area contributed by atoms with Gasteiger partial charge in [-0.1, -0.05) is 12.1 Å². The molecule has 0 saturated heterocycles. The van der Waals surface area contributed by atoms with Gasteiger partial charge in [0.2, 0.25) is 0 Å². The van der Waals surface area contributed by atoms with Crippen molar-refractivity contribution in [2.75, 3.05) is 7.11 Å². The molecule has 5 nitrogen and oxygen atoms in total. The van der Waals surface area contributed by atoms with Crippen molar-refractivity contribution in [1.82, 2.24) is 9.88 Å². The lowest BCUT2D eigenvalue weighted by molar-refractivity contribution is 0.0951. The van der Waals surface area contributed by atoms with Gasteiger partial charge in [-0.3, -0.25) is 4.79 Å². The Morgan fingerprint density at radius 1 is 1.23 bits per heavy atom. The molecule has 1 aliphatic carbocycles. The first-order valence-electron chi connectivity index (χ1n) is 8.60. The van der Waals surface area contributed by atoms with Gasteiger partial charge in [-0.05, 0) is 42.7 Å². The largest absolute Gasteiger partial charge is 0.497 e. The van der Waals surface area contributed by atoms with Gasteiger partial charge < -0.3 is 14.6 Å². The SMILES string of the molecule is COc1ccc2c(C#N)c(-c3ccc(C(=O)NC4CC4)cc3)n(C)c2c1. The molecule has 0 aliphatic heterocycles. The molecule has 130 valence electrons. The van der Waals surface area contributed by atoms with Gasteiger partial charge in [-0.15, -0.1) is 0 Å². The summed E-state index contributed by atoms with van der Waals surface area (Å²) in [5, 5.41) is 13.6. The van der Waals surface area contributed by atoms with Crippen LogP contribution in [0.25, 0.3) is 22.2 Å². The first-order valence-corrected chi connectivity index (χ1v) is 8.60. The Morgan fingerprint density at radius 2 is 1.96 bits per heavy atom. The first kappa shape index (κ1) is 16.2. The number of carbonyl (C=O) groups excluding carboxylic acids is 1. The number of rotatable bonds is 4. The van der Waals surface area contributed by atoms with Gasteiger partial charge in [-0.2, -0.15) is 5.26 Å². The van der Waals surface area contributed by atoms with Gasteiger partial charge in [0.05, 0.1) is 23.9 Å². The second kappa shape index (κ2) is 6.23. The van der Waals surface area contributed by atoms with Crippen molar-refractivity contribution in [1.29, 1.82) is 5.26 Å². The molecule has 1 amide bonds. The topological polar surface area (TPSA) is 67.0 Å². The summed E-state index contributed by atoms with van der Waals surface area (Å²) in [6.45, 7) is 0. The highest BCUT2D eigenvalue weighted by Gasteiger charge is 2.24. The van der Waals surface area contributed by atoms with Crippen LogP contribution in [0.4, 0.5) is 0 Å². The fourth-order valence-corrected chi connectivity index (χ4v) is 3.27.